The summed E-state index contributed by atoms with van der Waals surface area (Å²) >= 11 is 0. The lowest BCUT2D eigenvalue weighted by molar-refractivity contribution is 0.235. The highest BCUT2D eigenvalue weighted by atomic mass is 16.3. The number of hydrogen-bond donors (Lipinski definition) is 2. The van der Waals surface area contributed by atoms with Gasteiger partial charge in [-0.25, -0.2) is 0 Å². The van der Waals surface area contributed by atoms with Crippen LogP contribution in [-0.2, 0) is 0 Å². The normalized spacial score (nSPS) is 13.6. The van der Waals surface area contributed by atoms with Crippen LogP contribution < -0.4 is 5.32 Å². The molecule has 1 rings (SSSR count). The van der Waals surface area contributed by atoms with Crippen LogP contribution in [0, 0.1) is 12.3 Å². The van der Waals surface area contributed by atoms with E-state index in [1.807, 2.05) is 19.1 Å². The standard InChI is InChI=1S/C13H22N2O/c1-10-9-11(5-7-14-10)15-12(6-8-16)13(2,3)4/h5,7,9,12,16H,6,8H2,1-4H3,(H,14,15). The van der Waals surface area contributed by atoms with E-state index in [2.05, 4.69) is 31.1 Å². The van der Waals surface area contributed by atoms with Crippen LogP contribution in [0.1, 0.15) is 32.9 Å². The van der Waals surface area contributed by atoms with Gasteiger partial charge in [0.25, 0.3) is 0 Å². The Morgan fingerprint density at radius 2 is 2.12 bits per heavy atom. The van der Waals surface area contributed by atoms with Crippen molar-refractivity contribution in [3.8, 4) is 0 Å². The summed E-state index contributed by atoms with van der Waals surface area (Å²) < 4.78 is 0. The van der Waals surface area contributed by atoms with Gasteiger partial charge in [0.2, 0.25) is 0 Å². The molecule has 0 spiro atoms. The van der Waals surface area contributed by atoms with Crippen LogP contribution in [0.2, 0.25) is 0 Å². The van der Waals surface area contributed by atoms with Crippen molar-refractivity contribution >= 4 is 5.69 Å². The van der Waals surface area contributed by atoms with E-state index in [1.165, 1.54) is 0 Å². The molecule has 3 nitrogen and oxygen atoms in total. The maximum Gasteiger partial charge on any atom is 0.0450 e. The number of rotatable bonds is 4. The molecule has 1 heterocycles. The van der Waals surface area contributed by atoms with Crippen molar-refractivity contribution in [2.24, 2.45) is 5.41 Å². The Balaban J connectivity index is 2.76. The van der Waals surface area contributed by atoms with Crippen molar-refractivity contribution in [1.82, 2.24) is 4.98 Å². The molecule has 0 aromatic carbocycles. The topological polar surface area (TPSA) is 45.1 Å². The van der Waals surface area contributed by atoms with Crippen molar-refractivity contribution in [3.63, 3.8) is 0 Å². The van der Waals surface area contributed by atoms with E-state index in [-0.39, 0.29) is 18.1 Å². The van der Waals surface area contributed by atoms with Crippen LogP contribution in [0.5, 0.6) is 0 Å². The van der Waals surface area contributed by atoms with Crippen LogP contribution in [-0.4, -0.2) is 22.7 Å². The zero-order valence-corrected chi connectivity index (χ0v) is 10.6. The minimum absolute atomic E-state index is 0.125. The number of nitrogens with one attached hydrogen (secondary N) is 1. The van der Waals surface area contributed by atoms with Crippen molar-refractivity contribution in [3.05, 3.63) is 24.0 Å². The number of aryl methyl sites for hydroxylation is 1. The van der Waals surface area contributed by atoms with Gasteiger partial charge in [0.1, 0.15) is 0 Å². The maximum absolute atomic E-state index is 9.08. The highest BCUT2D eigenvalue weighted by Crippen LogP contribution is 2.25. The van der Waals surface area contributed by atoms with Gasteiger partial charge in [-0.15, -0.1) is 0 Å². The Kier molecular flexibility index (Phi) is 4.30. The molecule has 0 saturated carbocycles. The lowest BCUT2D eigenvalue weighted by atomic mass is 9.85. The predicted octanol–water partition coefficient (Wildman–Crippen LogP) is 2.60. The number of nitrogens with zero attached hydrogens (tertiary/aromatic N) is 1. The molecule has 90 valence electrons. The molecule has 0 bridgehead atoms. The third-order valence-electron chi connectivity index (χ3n) is 2.70. The zero-order valence-electron chi connectivity index (χ0n) is 10.6. The first kappa shape index (κ1) is 13.0. The Morgan fingerprint density at radius 3 is 2.62 bits per heavy atom. The van der Waals surface area contributed by atoms with E-state index >= 15 is 0 Å². The maximum atomic E-state index is 9.08. The molecular formula is C13H22N2O. The highest BCUT2D eigenvalue weighted by molar-refractivity contribution is 5.44. The fourth-order valence-electron chi connectivity index (χ4n) is 1.69. The molecule has 2 N–H and O–H groups in total. The summed E-state index contributed by atoms with van der Waals surface area (Å²) in [6.07, 6.45) is 2.56. The second kappa shape index (κ2) is 5.30. The molecule has 1 aromatic rings. The molecule has 1 atom stereocenters. The zero-order chi connectivity index (χ0) is 12.2. The Hall–Kier alpha value is -1.09. The SMILES string of the molecule is Cc1cc(NC(CCO)C(C)(C)C)ccn1. The first-order valence-electron chi connectivity index (χ1n) is 5.73. The van der Waals surface area contributed by atoms with Gasteiger partial charge in [0, 0.05) is 30.2 Å². The highest BCUT2D eigenvalue weighted by Gasteiger charge is 2.23. The molecule has 0 aliphatic rings. The van der Waals surface area contributed by atoms with Crippen molar-refractivity contribution in [1.29, 1.82) is 0 Å². The number of pyridine rings is 1. The monoisotopic (exact) mass is 222 g/mol. The van der Waals surface area contributed by atoms with Crippen molar-refractivity contribution in [2.75, 3.05) is 11.9 Å². The van der Waals surface area contributed by atoms with Gasteiger partial charge >= 0.3 is 0 Å². The number of anilines is 1. The van der Waals surface area contributed by atoms with Crippen LogP contribution in [0.3, 0.4) is 0 Å². The van der Waals surface area contributed by atoms with Gasteiger partial charge in [0.05, 0.1) is 0 Å². The van der Waals surface area contributed by atoms with Crippen LogP contribution in [0.15, 0.2) is 18.3 Å². The summed E-state index contributed by atoms with van der Waals surface area (Å²) in [6.45, 7) is 8.71. The Morgan fingerprint density at radius 1 is 1.44 bits per heavy atom. The summed E-state index contributed by atoms with van der Waals surface area (Å²) in [5.41, 5.74) is 2.20. The molecule has 0 fully saturated rings. The van der Waals surface area contributed by atoms with Crippen LogP contribution in [0.25, 0.3) is 0 Å². The molecule has 0 aliphatic carbocycles. The van der Waals surface area contributed by atoms with Gasteiger partial charge in [-0.05, 0) is 30.9 Å². The van der Waals surface area contributed by atoms with Crippen LogP contribution >= 0.6 is 0 Å². The predicted molar refractivity (Wildman–Crippen MR) is 67.5 cm³/mol. The lowest BCUT2D eigenvalue weighted by Gasteiger charge is -2.32. The van der Waals surface area contributed by atoms with E-state index in [1.54, 1.807) is 6.20 Å². The van der Waals surface area contributed by atoms with E-state index in [9.17, 15) is 0 Å². The third kappa shape index (κ3) is 3.81. The Labute approximate surface area is 97.9 Å². The average molecular weight is 222 g/mol. The van der Waals surface area contributed by atoms with Gasteiger partial charge in [0.15, 0.2) is 0 Å². The molecule has 0 aliphatic heterocycles. The second-order valence-corrected chi connectivity index (χ2v) is 5.26. The number of aliphatic hydroxyl groups excluding tert-OH is 1. The van der Waals surface area contributed by atoms with E-state index in [0.29, 0.717) is 0 Å². The first-order chi connectivity index (χ1) is 7.43. The summed E-state index contributed by atoms with van der Waals surface area (Å²) in [4.78, 5) is 4.17. The van der Waals surface area contributed by atoms with Gasteiger partial charge < -0.3 is 10.4 Å². The molecule has 1 unspecified atom stereocenters. The molecule has 1 aromatic heterocycles. The van der Waals surface area contributed by atoms with E-state index in [0.717, 1.165) is 17.8 Å². The van der Waals surface area contributed by atoms with Crippen molar-refractivity contribution in [2.45, 2.75) is 40.2 Å². The smallest absolute Gasteiger partial charge is 0.0450 e. The minimum atomic E-state index is 0.125. The van der Waals surface area contributed by atoms with E-state index in [4.69, 9.17) is 5.11 Å². The van der Waals surface area contributed by atoms with Gasteiger partial charge in [-0.1, -0.05) is 20.8 Å². The summed E-state index contributed by atoms with van der Waals surface area (Å²) in [6, 6.07) is 4.25. The largest absolute Gasteiger partial charge is 0.396 e. The quantitative estimate of drug-likeness (QED) is 0.823. The molecule has 0 radical (unpaired) electrons. The summed E-state index contributed by atoms with van der Waals surface area (Å²) in [7, 11) is 0. The van der Waals surface area contributed by atoms with Gasteiger partial charge in [-0.3, -0.25) is 4.98 Å². The van der Waals surface area contributed by atoms with Crippen molar-refractivity contribution < 1.29 is 5.11 Å². The fraction of sp³-hybridized carbons (Fsp3) is 0.615. The molecule has 16 heavy (non-hydrogen) atoms. The number of aromatic nitrogens is 1. The average Bonchev–Trinajstić information content (AvgIpc) is 2.16. The number of hydrogen-bond acceptors (Lipinski definition) is 3. The first-order valence-corrected chi connectivity index (χ1v) is 5.73. The second-order valence-electron chi connectivity index (χ2n) is 5.26. The molecule has 3 heteroatoms. The minimum Gasteiger partial charge on any atom is -0.396 e. The van der Waals surface area contributed by atoms with Crippen LogP contribution in [0.4, 0.5) is 5.69 Å². The van der Waals surface area contributed by atoms with Gasteiger partial charge in [-0.2, -0.15) is 0 Å². The molecular weight excluding hydrogens is 200 g/mol. The summed E-state index contributed by atoms with van der Waals surface area (Å²) in [5, 5.41) is 12.5. The molecule has 0 amide bonds. The summed E-state index contributed by atoms with van der Waals surface area (Å²) in [5.74, 6) is 0. The fourth-order valence-corrected chi connectivity index (χ4v) is 1.69. The third-order valence-corrected chi connectivity index (χ3v) is 2.70. The lowest BCUT2D eigenvalue weighted by Crippen LogP contribution is -2.34. The Bertz CT molecular complexity index is 331. The molecule has 0 saturated heterocycles. The number of aliphatic hydroxyl groups is 1. The van der Waals surface area contributed by atoms with E-state index < -0.39 is 0 Å².